The lowest BCUT2D eigenvalue weighted by Gasteiger charge is -2.31. The molecule has 162 valence electrons. The van der Waals surface area contributed by atoms with E-state index in [4.69, 9.17) is 11.6 Å². The largest absolute Gasteiger partial charge is 0.352 e. The second-order valence-electron chi connectivity index (χ2n) is 7.51. The molecule has 0 bridgehead atoms. The van der Waals surface area contributed by atoms with Gasteiger partial charge in [-0.1, -0.05) is 23.7 Å². The number of aromatic nitrogens is 1. The van der Waals surface area contributed by atoms with Crippen LogP contribution in [0, 0.1) is 18.7 Å². The summed E-state index contributed by atoms with van der Waals surface area (Å²) < 4.78 is 14.3. The van der Waals surface area contributed by atoms with Crippen LogP contribution in [-0.4, -0.2) is 34.8 Å². The van der Waals surface area contributed by atoms with Gasteiger partial charge in [-0.3, -0.25) is 9.59 Å². The Morgan fingerprint density at radius 3 is 2.71 bits per heavy atom. The second kappa shape index (κ2) is 9.46. The van der Waals surface area contributed by atoms with Gasteiger partial charge < -0.3 is 10.2 Å². The molecule has 4 rings (SSSR count). The van der Waals surface area contributed by atoms with Gasteiger partial charge in [-0.05, 0) is 49.1 Å². The number of amides is 2. The summed E-state index contributed by atoms with van der Waals surface area (Å²) in [4.78, 5) is 32.5. The summed E-state index contributed by atoms with van der Waals surface area (Å²) in [6.45, 7) is 3.02. The fraction of sp³-hybridized carbons (Fsp3) is 0.318. The number of hydrogen-bond donors (Lipinski definition) is 1. The van der Waals surface area contributed by atoms with Gasteiger partial charge in [0, 0.05) is 30.9 Å². The molecule has 2 aromatic heterocycles. The molecule has 3 aromatic rings. The van der Waals surface area contributed by atoms with Gasteiger partial charge >= 0.3 is 0 Å². The maximum atomic E-state index is 13.7. The van der Waals surface area contributed by atoms with Crippen molar-refractivity contribution in [1.82, 2.24) is 15.2 Å². The number of aryl methyl sites for hydroxylation is 1. The van der Waals surface area contributed by atoms with Crippen molar-refractivity contribution in [3.05, 3.63) is 62.7 Å². The summed E-state index contributed by atoms with van der Waals surface area (Å²) >= 11 is 8.84. The highest BCUT2D eigenvalue weighted by molar-refractivity contribution is 7.23. The Kier molecular flexibility index (Phi) is 6.69. The van der Waals surface area contributed by atoms with Crippen molar-refractivity contribution in [3.8, 4) is 9.88 Å². The van der Waals surface area contributed by atoms with E-state index in [1.54, 1.807) is 23.3 Å². The number of nitrogens with zero attached hydrogens (tertiary/aromatic N) is 2. The third-order valence-corrected chi connectivity index (χ3v) is 7.61. The number of carbonyl (C=O) groups excluding carboxylic acids is 2. The molecular formula is C22H21ClFN3O2S2. The zero-order valence-corrected chi connectivity index (χ0v) is 19.2. The summed E-state index contributed by atoms with van der Waals surface area (Å²) in [5, 5.41) is 5.43. The van der Waals surface area contributed by atoms with E-state index < -0.39 is 0 Å². The van der Waals surface area contributed by atoms with Crippen LogP contribution >= 0.6 is 34.3 Å². The van der Waals surface area contributed by atoms with Crippen molar-refractivity contribution in [2.75, 3.05) is 13.1 Å². The Hall–Kier alpha value is -2.29. The smallest absolute Gasteiger partial charge is 0.273 e. The minimum absolute atomic E-state index is 0.0569. The number of carbonyl (C=O) groups is 2. The Labute approximate surface area is 192 Å². The van der Waals surface area contributed by atoms with Crippen LogP contribution in [0.3, 0.4) is 0 Å². The SMILES string of the molecule is Cc1ccc(CNC(=O)C2CCN(C(=O)c3csc(-c4ccc(Cl)s4)n3)CC2)cc1F. The molecule has 1 aliphatic rings. The number of benzene rings is 1. The minimum atomic E-state index is -0.272. The number of piperidine rings is 1. The summed E-state index contributed by atoms with van der Waals surface area (Å²) in [6, 6.07) is 8.68. The Bertz CT molecular complexity index is 1110. The fourth-order valence-corrected chi connectivity index (χ4v) is 5.41. The first-order valence-electron chi connectivity index (χ1n) is 9.94. The van der Waals surface area contributed by atoms with Crippen LogP contribution in [0.2, 0.25) is 4.34 Å². The summed E-state index contributed by atoms with van der Waals surface area (Å²) in [6.07, 6.45) is 1.19. The predicted octanol–water partition coefficient (Wildman–Crippen LogP) is 5.14. The van der Waals surface area contributed by atoms with E-state index in [0.717, 1.165) is 15.4 Å². The van der Waals surface area contributed by atoms with Crippen LogP contribution in [0.4, 0.5) is 4.39 Å². The zero-order valence-electron chi connectivity index (χ0n) is 16.9. The van der Waals surface area contributed by atoms with Gasteiger partial charge in [0.2, 0.25) is 5.91 Å². The first-order valence-corrected chi connectivity index (χ1v) is 12.0. The Morgan fingerprint density at radius 1 is 1.26 bits per heavy atom. The van der Waals surface area contributed by atoms with Gasteiger partial charge in [0.25, 0.3) is 5.91 Å². The molecule has 1 aromatic carbocycles. The average Bonchev–Trinajstić information content (AvgIpc) is 3.43. The number of thiophene rings is 1. The lowest BCUT2D eigenvalue weighted by molar-refractivity contribution is -0.126. The highest BCUT2D eigenvalue weighted by Gasteiger charge is 2.28. The van der Waals surface area contributed by atoms with E-state index in [9.17, 15) is 14.0 Å². The summed E-state index contributed by atoms with van der Waals surface area (Å²) in [5.74, 6) is -0.595. The molecule has 1 N–H and O–H groups in total. The lowest BCUT2D eigenvalue weighted by Crippen LogP contribution is -2.43. The van der Waals surface area contributed by atoms with Gasteiger partial charge in [0.05, 0.1) is 9.21 Å². The molecule has 9 heteroatoms. The molecule has 0 aliphatic carbocycles. The molecule has 1 saturated heterocycles. The number of nitrogens with one attached hydrogen (secondary N) is 1. The van der Waals surface area contributed by atoms with Crippen molar-refractivity contribution in [2.45, 2.75) is 26.3 Å². The molecular weight excluding hydrogens is 457 g/mol. The fourth-order valence-electron chi connectivity index (χ4n) is 3.50. The van der Waals surface area contributed by atoms with Crippen LogP contribution in [0.1, 0.15) is 34.5 Å². The van der Waals surface area contributed by atoms with Crippen LogP contribution < -0.4 is 5.32 Å². The first-order chi connectivity index (χ1) is 14.9. The molecule has 3 heterocycles. The molecule has 0 atom stereocenters. The van der Waals surface area contributed by atoms with Crippen molar-refractivity contribution < 1.29 is 14.0 Å². The van der Waals surface area contributed by atoms with Crippen LogP contribution in [0.25, 0.3) is 9.88 Å². The maximum absolute atomic E-state index is 13.7. The maximum Gasteiger partial charge on any atom is 0.273 e. The van der Waals surface area contributed by atoms with E-state index in [2.05, 4.69) is 10.3 Å². The predicted molar refractivity (Wildman–Crippen MR) is 122 cm³/mol. The monoisotopic (exact) mass is 477 g/mol. The van der Waals surface area contributed by atoms with Gasteiger partial charge in [-0.15, -0.1) is 22.7 Å². The number of halogens is 2. The van der Waals surface area contributed by atoms with Crippen LogP contribution in [0.5, 0.6) is 0 Å². The number of rotatable bonds is 5. The van der Waals surface area contributed by atoms with E-state index in [-0.39, 0.29) is 23.5 Å². The molecule has 0 radical (unpaired) electrons. The van der Waals surface area contributed by atoms with Crippen LogP contribution in [0.15, 0.2) is 35.7 Å². The van der Waals surface area contributed by atoms with Gasteiger partial charge in [0.15, 0.2) is 0 Å². The van der Waals surface area contributed by atoms with E-state index in [1.807, 2.05) is 18.2 Å². The molecule has 5 nitrogen and oxygen atoms in total. The molecule has 0 saturated carbocycles. The molecule has 0 spiro atoms. The molecule has 1 aliphatic heterocycles. The normalized spacial score (nSPS) is 14.6. The number of thiazole rings is 1. The Morgan fingerprint density at radius 2 is 2.03 bits per heavy atom. The second-order valence-corrected chi connectivity index (χ2v) is 10.1. The highest BCUT2D eigenvalue weighted by atomic mass is 35.5. The molecule has 2 amide bonds. The summed E-state index contributed by atoms with van der Waals surface area (Å²) in [5.41, 5.74) is 1.74. The van der Waals surface area contributed by atoms with Crippen molar-refractivity contribution >= 4 is 46.1 Å². The Balaban J connectivity index is 1.29. The van der Waals surface area contributed by atoms with Gasteiger partial charge in [-0.2, -0.15) is 0 Å². The van der Waals surface area contributed by atoms with Gasteiger partial charge in [-0.25, -0.2) is 9.37 Å². The van der Waals surface area contributed by atoms with Crippen LogP contribution in [-0.2, 0) is 11.3 Å². The highest BCUT2D eigenvalue weighted by Crippen LogP contribution is 2.33. The quantitative estimate of drug-likeness (QED) is 0.553. The molecule has 31 heavy (non-hydrogen) atoms. The lowest BCUT2D eigenvalue weighted by atomic mass is 9.95. The topological polar surface area (TPSA) is 62.3 Å². The van der Waals surface area contributed by atoms with E-state index in [1.165, 1.54) is 28.7 Å². The number of hydrogen-bond acceptors (Lipinski definition) is 5. The standard InChI is InChI=1S/C22H21ClFN3O2S2/c1-13-2-3-14(10-16(13)24)11-25-20(28)15-6-8-27(9-7-15)22(29)17-12-30-21(26-17)18-4-5-19(23)31-18/h2-5,10,12,15H,6-9,11H2,1H3,(H,25,28). The van der Waals surface area contributed by atoms with Gasteiger partial charge in [0.1, 0.15) is 16.5 Å². The van der Waals surface area contributed by atoms with E-state index in [0.29, 0.717) is 48.1 Å². The van der Waals surface area contributed by atoms with Crippen molar-refractivity contribution in [2.24, 2.45) is 5.92 Å². The summed E-state index contributed by atoms with van der Waals surface area (Å²) in [7, 11) is 0. The number of likely N-dealkylation sites (tertiary alicyclic amines) is 1. The third-order valence-electron chi connectivity index (χ3n) is 5.36. The zero-order chi connectivity index (χ0) is 22.0. The third kappa shape index (κ3) is 5.14. The van der Waals surface area contributed by atoms with Crippen molar-refractivity contribution in [1.29, 1.82) is 0 Å². The average molecular weight is 478 g/mol. The molecule has 1 fully saturated rings. The van der Waals surface area contributed by atoms with E-state index >= 15 is 0 Å². The minimum Gasteiger partial charge on any atom is -0.352 e. The molecule has 0 unspecified atom stereocenters. The first kappa shape index (κ1) is 21.9. The van der Waals surface area contributed by atoms with Crippen molar-refractivity contribution in [3.63, 3.8) is 0 Å².